The van der Waals surface area contributed by atoms with Crippen molar-refractivity contribution in [3.63, 3.8) is 0 Å². The zero-order valence-electron chi connectivity index (χ0n) is 22.1. The molecule has 1 fully saturated rings. The second-order valence-corrected chi connectivity index (χ2v) is 11.0. The van der Waals surface area contributed by atoms with Gasteiger partial charge in [0.25, 0.3) is 0 Å². The molecule has 2 aromatic carbocycles. The fourth-order valence-corrected chi connectivity index (χ4v) is 5.48. The summed E-state index contributed by atoms with van der Waals surface area (Å²) in [5.74, 6) is 0.915. The molecule has 1 aromatic heterocycles. The van der Waals surface area contributed by atoms with Crippen LogP contribution in [0.15, 0.2) is 54.9 Å². The number of imidazole rings is 1. The Kier molecular flexibility index (Phi) is 6.93. The molecule has 1 saturated carbocycles. The van der Waals surface area contributed by atoms with Gasteiger partial charge in [0, 0.05) is 0 Å². The van der Waals surface area contributed by atoms with Crippen LogP contribution in [-0.2, 0) is 16.1 Å². The van der Waals surface area contributed by atoms with Crippen molar-refractivity contribution in [2.45, 2.75) is 65.4 Å². The minimum Gasteiger partial charge on any atom is -0.487 e. The third kappa shape index (κ3) is 5.34. The number of rotatable bonds is 9. The number of nitrogens with zero attached hydrogens (tertiary/aromatic N) is 2. The van der Waals surface area contributed by atoms with Crippen LogP contribution in [-0.4, -0.2) is 22.6 Å². The predicted molar refractivity (Wildman–Crippen MR) is 142 cm³/mol. The van der Waals surface area contributed by atoms with Crippen LogP contribution in [0.5, 0.6) is 5.75 Å². The van der Waals surface area contributed by atoms with Crippen molar-refractivity contribution in [1.29, 1.82) is 0 Å². The van der Waals surface area contributed by atoms with E-state index in [9.17, 15) is 9.18 Å². The highest BCUT2D eigenvalue weighted by Crippen LogP contribution is 2.46. The fraction of sp³-hybridized carbons (Fsp3) is 0.419. The van der Waals surface area contributed by atoms with Crippen LogP contribution in [0.2, 0.25) is 0 Å². The van der Waals surface area contributed by atoms with Gasteiger partial charge in [-0.3, -0.25) is 9.36 Å². The number of ether oxygens (including phenoxy) is 2. The Bertz CT molecular complexity index is 1340. The summed E-state index contributed by atoms with van der Waals surface area (Å²) in [6.45, 7) is 6.68. The summed E-state index contributed by atoms with van der Waals surface area (Å²) in [5.41, 5.74) is 5.39. The third-order valence-electron chi connectivity index (χ3n) is 7.77. The van der Waals surface area contributed by atoms with E-state index >= 15 is 0 Å². The number of carbonyl (C=O) groups is 1. The molecule has 0 amide bonds. The van der Waals surface area contributed by atoms with Gasteiger partial charge in [0.1, 0.15) is 30.2 Å². The Hall–Kier alpha value is -3.41. The maximum absolute atomic E-state index is 14.9. The maximum atomic E-state index is 14.9. The summed E-state index contributed by atoms with van der Waals surface area (Å²) in [6.07, 6.45) is 8.62. The number of benzene rings is 2. The van der Waals surface area contributed by atoms with Crippen molar-refractivity contribution >= 4 is 11.5 Å². The lowest BCUT2D eigenvalue weighted by Crippen LogP contribution is -2.14. The van der Waals surface area contributed by atoms with Crippen LogP contribution >= 0.6 is 0 Å². The first-order valence-corrected chi connectivity index (χ1v) is 13.1. The van der Waals surface area contributed by atoms with Crippen molar-refractivity contribution < 1.29 is 18.7 Å². The van der Waals surface area contributed by atoms with E-state index in [2.05, 4.69) is 26.0 Å². The van der Waals surface area contributed by atoms with Gasteiger partial charge in [-0.05, 0) is 90.8 Å². The van der Waals surface area contributed by atoms with Gasteiger partial charge >= 0.3 is 5.97 Å². The number of esters is 1. The van der Waals surface area contributed by atoms with E-state index in [1.54, 1.807) is 12.4 Å². The number of aromatic nitrogens is 2. The Balaban J connectivity index is 1.45. The highest BCUT2D eigenvalue weighted by atomic mass is 19.1. The van der Waals surface area contributed by atoms with Gasteiger partial charge in [0.15, 0.2) is 0 Å². The average Bonchev–Trinajstić information content (AvgIpc) is 3.55. The van der Waals surface area contributed by atoms with Crippen LogP contribution < -0.4 is 4.74 Å². The number of hydrogen-bond donors (Lipinski definition) is 0. The van der Waals surface area contributed by atoms with Gasteiger partial charge in [0.2, 0.25) is 0 Å². The zero-order chi connectivity index (χ0) is 26.2. The SMILES string of the molecule is COC(=O)C[C@H](c1cccc(OCc2ncn(-c3cc(C)ccc3F)c2C2=CCCC2(C)C)c1)C1CC1. The standard InChI is InChI=1S/C31H35FN2O3/c1-20-10-13-26(32)28(15-20)34-19-33-27(30(34)25-9-6-14-31(25,2)3)18-37-23-8-5-7-22(16-23)24(21-11-12-21)17-29(35)36-4/h5,7-10,13,15-16,19,21,24H,6,11-12,14,17-18H2,1-4H3/t24-/m0/s1. The number of allylic oxidation sites excluding steroid dienone is 2. The Morgan fingerprint density at radius 3 is 2.73 bits per heavy atom. The van der Waals surface area contributed by atoms with Gasteiger partial charge in [-0.25, -0.2) is 9.37 Å². The minimum absolute atomic E-state index is 0.0435. The van der Waals surface area contributed by atoms with Crippen LogP contribution in [0.4, 0.5) is 4.39 Å². The zero-order valence-corrected chi connectivity index (χ0v) is 22.1. The van der Waals surface area contributed by atoms with Crippen molar-refractivity contribution in [3.05, 3.63) is 83.2 Å². The molecule has 2 aliphatic carbocycles. The number of methoxy groups -OCH3 is 1. The average molecular weight is 503 g/mol. The van der Waals surface area contributed by atoms with E-state index in [1.807, 2.05) is 35.8 Å². The topological polar surface area (TPSA) is 53.4 Å². The molecule has 5 nitrogen and oxygen atoms in total. The molecule has 0 bridgehead atoms. The van der Waals surface area contributed by atoms with Crippen molar-refractivity contribution in [2.24, 2.45) is 11.3 Å². The van der Waals surface area contributed by atoms with Crippen molar-refractivity contribution in [1.82, 2.24) is 9.55 Å². The van der Waals surface area contributed by atoms with Gasteiger partial charge in [-0.15, -0.1) is 0 Å². The predicted octanol–water partition coefficient (Wildman–Crippen LogP) is 7.16. The first-order chi connectivity index (χ1) is 17.8. The number of carbonyl (C=O) groups excluding carboxylic acids is 1. The van der Waals surface area contributed by atoms with Crippen LogP contribution in [0.25, 0.3) is 11.3 Å². The lowest BCUT2D eigenvalue weighted by atomic mass is 9.83. The monoisotopic (exact) mass is 502 g/mol. The van der Waals surface area contributed by atoms with E-state index in [0.29, 0.717) is 18.0 Å². The lowest BCUT2D eigenvalue weighted by Gasteiger charge is -2.25. The summed E-state index contributed by atoms with van der Waals surface area (Å²) < 4.78 is 28.0. The van der Waals surface area contributed by atoms with E-state index in [4.69, 9.17) is 14.5 Å². The third-order valence-corrected chi connectivity index (χ3v) is 7.77. The first-order valence-electron chi connectivity index (χ1n) is 13.1. The van der Waals surface area contributed by atoms with Crippen LogP contribution in [0, 0.1) is 24.1 Å². The second kappa shape index (κ2) is 10.2. The summed E-state index contributed by atoms with van der Waals surface area (Å²) in [6, 6.07) is 13.1. The molecule has 2 aliphatic rings. The second-order valence-electron chi connectivity index (χ2n) is 11.0. The van der Waals surface area contributed by atoms with Gasteiger partial charge in [-0.1, -0.05) is 38.1 Å². The molecule has 0 spiro atoms. The Morgan fingerprint density at radius 2 is 2.03 bits per heavy atom. The molecule has 0 saturated heterocycles. The molecule has 37 heavy (non-hydrogen) atoms. The van der Waals surface area contributed by atoms with Crippen molar-refractivity contribution in [3.8, 4) is 11.4 Å². The molecule has 5 rings (SSSR count). The Morgan fingerprint density at radius 1 is 1.22 bits per heavy atom. The van der Waals surface area contributed by atoms with E-state index in [-0.39, 0.29) is 29.7 Å². The molecular weight excluding hydrogens is 467 g/mol. The van der Waals surface area contributed by atoms with E-state index < -0.39 is 0 Å². The molecule has 0 aliphatic heterocycles. The highest BCUT2D eigenvalue weighted by Gasteiger charge is 2.35. The highest BCUT2D eigenvalue weighted by molar-refractivity contribution is 5.73. The molecule has 194 valence electrons. The van der Waals surface area contributed by atoms with Crippen LogP contribution in [0.1, 0.15) is 74.4 Å². The molecular formula is C31H35FN2O3. The lowest BCUT2D eigenvalue weighted by molar-refractivity contribution is -0.141. The maximum Gasteiger partial charge on any atom is 0.306 e. The minimum atomic E-state index is -0.280. The quantitative estimate of drug-likeness (QED) is 0.291. The van der Waals surface area contributed by atoms with E-state index in [1.165, 1.54) is 18.7 Å². The Labute approximate surface area is 218 Å². The molecule has 3 aromatic rings. The molecule has 1 atom stereocenters. The molecule has 1 heterocycles. The van der Waals surface area contributed by atoms with Crippen molar-refractivity contribution in [2.75, 3.05) is 7.11 Å². The summed E-state index contributed by atoms with van der Waals surface area (Å²) >= 11 is 0. The molecule has 0 unspecified atom stereocenters. The number of hydrogen-bond acceptors (Lipinski definition) is 4. The fourth-order valence-electron chi connectivity index (χ4n) is 5.48. The molecule has 0 radical (unpaired) electrons. The van der Waals surface area contributed by atoms with Crippen LogP contribution in [0.3, 0.4) is 0 Å². The normalized spacial score (nSPS) is 17.4. The summed E-state index contributed by atoms with van der Waals surface area (Å²) in [4.78, 5) is 16.7. The van der Waals surface area contributed by atoms with E-state index in [0.717, 1.165) is 53.9 Å². The summed E-state index contributed by atoms with van der Waals surface area (Å²) in [7, 11) is 1.44. The smallest absolute Gasteiger partial charge is 0.306 e. The largest absolute Gasteiger partial charge is 0.487 e. The number of halogens is 1. The number of aryl methyl sites for hydroxylation is 1. The van der Waals surface area contributed by atoms with Gasteiger partial charge < -0.3 is 9.47 Å². The molecule has 6 heteroatoms. The molecule has 0 N–H and O–H groups in total. The first kappa shape index (κ1) is 25.2. The summed E-state index contributed by atoms with van der Waals surface area (Å²) in [5, 5.41) is 0. The van der Waals surface area contributed by atoms with Gasteiger partial charge in [-0.2, -0.15) is 0 Å². The van der Waals surface area contributed by atoms with Gasteiger partial charge in [0.05, 0.1) is 24.9 Å².